The lowest BCUT2D eigenvalue weighted by atomic mass is 9.99. The molecule has 1 atom stereocenters. The summed E-state index contributed by atoms with van der Waals surface area (Å²) in [5, 5.41) is 13.2. The van der Waals surface area contributed by atoms with Crippen LogP contribution in [0.4, 0.5) is 5.69 Å². The van der Waals surface area contributed by atoms with Crippen LogP contribution in [0.15, 0.2) is 12.1 Å². The van der Waals surface area contributed by atoms with Crippen molar-refractivity contribution >= 4 is 5.69 Å². The third-order valence-electron chi connectivity index (χ3n) is 2.74. The molecule has 0 aromatic heterocycles. The van der Waals surface area contributed by atoms with Gasteiger partial charge in [-0.1, -0.05) is 6.07 Å². The molecule has 1 aromatic rings. The highest BCUT2D eigenvalue weighted by atomic mass is 16.5. The van der Waals surface area contributed by atoms with Crippen LogP contribution in [0.25, 0.3) is 0 Å². The summed E-state index contributed by atoms with van der Waals surface area (Å²) in [5.74, 6) is 0.179. The van der Waals surface area contributed by atoms with E-state index in [4.69, 9.17) is 10.5 Å². The first-order valence-corrected chi connectivity index (χ1v) is 5.09. The summed E-state index contributed by atoms with van der Waals surface area (Å²) in [5.41, 5.74) is 7.99. The molecule has 4 N–H and O–H groups in total. The van der Waals surface area contributed by atoms with Crippen LogP contribution in [-0.4, -0.2) is 24.9 Å². The molecule has 82 valence electrons. The predicted octanol–water partition coefficient (Wildman–Crippen LogP) is 0.944. The Morgan fingerprint density at radius 2 is 2.33 bits per heavy atom. The summed E-state index contributed by atoms with van der Waals surface area (Å²) in [6, 6.07) is 3.68. The van der Waals surface area contributed by atoms with Crippen molar-refractivity contribution in [2.24, 2.45) is 0 Å². The van der Waals surface area contributed by atoms with Gasteiger partial charge in [-0.2, -0.15) is 0 Å². The van der Waals surface area contributed by atoms with E-state index >= 15 is 0 Å². The fourth-order valence-electron chi connectivity index (χ4n) is 1.92. The first kappa shape index (κ1) is 10.3. The predicted molar refractivity (Wildman–Crippen MR) is 58.8 cm³/mol. The number of hydrogen-bond donors (Lipinski definition) is 3. The lowest BCUT2D eigenvalue weighted by Crippen LogP contribution is -2.35. The maximum Gasteiger partial charge on any atom is 0.143 e. The van der Waals surface area contributed by atoms with Crippen LogP contribution in [0, 0.1) is 6.92 Å². The van der Waals surface area contributed by atoms with E-state index in [1.165, 1.54) is 0 Å². The molecule has 1 aliphatic heterocycles. The molecule has 2 rings (SSSR count). The van der Waals surface area contributed by atoms with Crippen LogP contribution >= 0.6 is 0 Å². The first-order chi connectivity index (χ1) is 7.20. The number of anilines is 1. The number of phenols is 1. The molecule has 1 aromatic carbocycles. The average Bonchev–Trinajstić information content (AvgIpc) is 2.26. The zero-order chi connectivity index (χ0) is 10.8. The summed E-state index contributed by atoms with van der Waals surface area (Å²) < 4.78 is 5.37. The number of hydrogen-bond acceptors (Lipinski definition) is 4. The molecule has 4 heteroatoms. The van der Waals surface area contributed by atoms with Crippen molar-refractivity contribution < 1.29 is 9.84 Å². The Morgan fingerprint density at radius 3 is 3.00 bits per heavy atom. The number of nitrogens with two attached hydrogens (primary N) is 1. The molecule has 1 fully saturated rings. The number of aromatic hydroxyl groups is 1. The van der Waals surface area contributed by atoms with E-state index in [0.29, 0.717) is 12.3 Å². The second kappa shape index (κ2) is 4.08. The van der Waals surface area contributed by atoms with Crippen LogP contribution in [0.5, 0.6) is 5.75 Å². The van der Waals surface area contributed by atoms with Gasteiger partial charge in [-0.05, 0) is 18.6 Å². The minimum atomic E-state index is 0.0437. The van der Waals surface area contributed by atoms with Crippen molar-refractivity contribution in [1.29, 1.82) is 0 Å². The lowest BCUT2D eigenvalue weighted by Gasteiger charge is -2.26. The van der Waals surface area contributed by atoms with Gasteiger partial charge in [-0.25, -0.2) is 0 Å². The number of rotatable bonds is 1. The highest BCUT2D eigenvalue weighted by Gasteiger charge is 2.21. The van der Waals surface area contributed by atoms with E-state index in [0.717, 1.165) is 24.3 Å². The minimum absolute atomic E-state index is 0.0437. The van der Waals surface area contributed by atoms with Crippen LogP contribution < -0.4 is 11.1 Å². The van der Waals surface area contributed by atoms with Crippen LogP contribution in [-0.2, 0) is 4.74 Å². The molecule has 4 nitrogen and oxygen atoms in total. The van der Waals surface area contributed by atoms with E-state index in [1.54, 1.807) is 6.07 Å². The van der Waals surface area contributed by atoms with E-state index in [-0.39, 0.29) is 11.8 Å². The molecule has 0 amide bonds. The fourth-order valence-corrected chi connectivity index (χ4v) is 1.92. The molecule has 15 heavy (non-hydrogen) atoms. The van der Waals surface area contributed by atoms with Crippen molar-refractivity contribution in [1.82, 2.24) is 5.32 Å². The van der Waals surface area contributed by atoms with E-state index in [9.17, 15) is 5.11 Å². The monoisotopic (exact) mass is 208 g/mol. The molecular weight excluding hydrogens is 192 g/mol. The maximum atomic E-state index is 9.91. The van der Waals surface area contributed by atoms with Crippen LogP contribution in [0.3, 0.4) is 0 Å². The van der Waals surface area contributed by atoms with Gasteiger partial charge >= 0.3 is 0 Å². The van der Waals surface area contributed by atoms with Crippen LogP contribution in [0.2, 0.25) is 0 Å². The summed E-state index contributed by atoms with van der Waals surface area (Å²) >= 11 is 0. The standard InChI is InChI=1S/C11H16N2O2/c1-7-2-3-8(12)11(14)10(7)9-6-15-5-4-13-9/h2-3,9,13-14H,4-6,12H2,1H3/t9-/m0/s1. The van der Waals surface area contributed by atoms with Gasteiger partial charge in [-0.15, -0.1) is 0 Å². The van der Waals surface area contributed by atoms with Gasteiger partial charge in [0.15, 0.2) is 0 Å². The molecule has 1 saturated heterocycles. The van der Waals surface area contributed by atoms with Gasteiger partial charge in [0.05, 0.1) is 24.9 Å². The normalized spacial score (nSPS) is 21.5. The van der Waals surface area contributed by atoms with Crippen molar-refractivity contribution in [2.75, 3.05) is 25.5 Å². The Kier molecular flexibility index (Phi) is 2.79. The van der Waals surface area contributed by atoms with E-state index < -0.39 is 0 Å². The van der Waals surface area contributed by atoms with Crippen LogP contribution in [0.1, 0.15) is 17.2 Å². The molecule has 0 unspecified atom stereocenters. The van der Waals surface area contributed by atoms with E-state index in [2.05, 4.69) is 5.32 Å². The van der Waals surface area contributed by atoms with Crippen molar-refractivity contribution in [3.05, 3.63) is 23.3 Å². The Bertz CT molecular complexity index is 360. The van der Waals surface area contributed by atoms with Gasteiger partial charge in [0.2, 0.25) is 0 Å². The Morgan fingerprint density at radius 1 is 1.53 bits per heavy atom. The van der Waals surface area contributed by atoms with Crippen molar-refractivity contribution in [2.45, 2.75) is 13.0 Å². The quantitative estimate of drug-likeness (QED) is 0.474. The number of morpholine rings is 1. The zero-order valence-electron chi connectivity index (χ0n) is 8.79. The summed E-state index contributed by atoms with van der Waals surface area (Å²) in [6.45, 7) is 4.07. The highest BCUT2D eigenvalue weighted by Crippen LogP contribution is 2.33. The van der Waals surface area contributed by atoms with Crippen molar-refractivity contribution in [3.63, 3.8) is 0 Å². The molecule has 0 bridgehead atoms. The molecule has 0 aliphatic carbocycles. The van der Waals surface area contributed by atoms with Gasteiger partial charge in [0.1, 0.15) is 5.75 Å². The Hall–Kier alpha value is -1.26. The maximum absolute atomic E-state index is 9.91. The number of nitrogens with one attached hydrogen (secondary N) is 1. The van der Waals surface area contributed by atoms with Gasteiger partial charge < -0.3 is 20.9 Å². The third-order valence-corrected chi connectivity index (χ3v) is 2.74. The number of phenolic OH excluding ortho intramolecular Hbond substituents is 1. The number of ether oxygens (including phenoxy) is 1. The van der Waals surface area contributed by atoms with Gasteiger partial charge in [-0.3, -0.25) is 0 Å². The molecule has 0 spiro atoms. The summed E-state index contributed by atoms with van der Waals surface area (Å²) in [6.07, 6.45) is 0. The van der Waals surface area contributed by atoms with E-state index in [1.807, 2.05) is 13.0 Å². The molecular formula is C11H16N2O2. The average molecular weight is 208 g/mol. The second-order valence-corrected chi connectivity index (χ2v) is 3.82. The van der Waals surface area contributed by atoms with Gasteiger partial charge in [0.25, 0.3) is 0 Å². The van der Waals surface area contributed by atoms with Gasteiger partial charge in [0, 0.05) is 12.1 Å². The minimum Gasteiger partial charge on any atom is -0.505 e. The second-order valence-electron chi connectivity index (χ2n) is 3.82. The molecule has 0 radical (unpaired) electrons. The first-order valence-electron chi connectivity index (χ1n) is 5.09. The molecule has 1 aliphatic rings. The SMILES string of the molecule is Cc1ccc(N)c(O)c1[C@@H]1COCCN1. The zero-order valence-corrected chi connectivity index (χ0v) is 8.79. The lowest BCUT2D eigenvalue weighted by molar-refractivity contribution is 0.0759. The van der Waals surface area contributed by atoms with Crippen molar-refractivity contribution in [3.8, 4) is 5.75 Å². The Labute approximate surface area is 89.0 Å². The summed E-state index contributed by atoms with van der Waals surface area (Å²) in [7, 11) is 0. The Balaban J connectivity index is 2.36. The third kappa shape index (κ3) is 1.91. The largest absolute Gasteiger partial charge is 0.505 e. The molecule has 1 heterocycles. The molecule has 0 saturated carbocycles. The fraction of sp³-hybridized carbons (Fsp3) is 0.455. The number of benzene rings is 1. The number of nitrogen functional groups attached to an aromatic ring is 1. The smallest absolute Gasteiger partial charge is 0.143 e. The summed E-state index contributed by atoms with van der Waals surface area (Å²) in [4.78, 5) is 0. The topological polar surface area (TPSA) is 67.5 Å². The number of aryl methyl sites for hydroxylation is 1. The highest BCUT2D eigenvalue weighted by molar-refractivity contribution is 5.59.